The summed E-state index contributed by atoms with van der Waals surface area (Å²) in [5.41, 5.74) is 0.654. The first-order valence-electron chi connectivity index (χ1n) is 6.15. The minimum atomic E-state index is -0.298. The maximum absolute atomic E-state index is 13.1. The smallest absolute Gasteiger partial charge is 0.159 e. The number of rotatable bonds is 6. The first-order chi connectivity index (χ1) is 9.29. The van der Waals surface area contributed by atoms with Crippen molar-refractivity contribution < 1.29 is 9.13 Å². The topological polar surface area (TPSA) is 47.0 Å². The number of aromatic nitrogens is 2. The van der Waals surface area contributed by atoms with Gasteiger partial charge in [0.1, 0.15) is 5.82 Å². The molecule has 0 atom stereocenters. The summed E-state index contributed by atoms with van der Waals surface area (Å²) in [6, 6.07) is 6.20. The minimum absolute atomic E-state index is 0.298. The molecule has 2 rings (SSSR count). The number of ether oxygens (including phenoxy) is 1. The molecule has 1 heterocycles. The van der Waals surface area contributed by atoms with Crippen LogP contribution < -0.4 is 10.1 Å². The van der Waals surface area contributed by atoms with Crippen LogP contribution in [0.15, 0.2) is 36.7 Å². The summed E-state index contributed by atoms with van der Waals surface area (Å²) in [4.78, 5) is 8.34. The summed E-state index contributed by atoms with van der Waals surface area (Å²) in [7, 11) is 1.90. The fraction of sp³-hybridized carbons (Fsp3) is 0.286. The molecule has 19 heavy (non-hydrogen) atoms. The van der Waals surface area contributed by atoms with Gasteiger partial charge in [0.25, 0.3) is 0 Å². The Bertz CT molecular complexity index is 516. The van der Waals surface area contributed by atoms with Gasteiger partial charge in [-0.2, -0.15) is 0 Å². The van der Waals surface area contributed by atoms with Gasteiger partial charge in [-0.3, -0.25) is 0 Å². The normalized spacial score (nSPS) is 10.4. The average Bonchev–Trinajstić information content (AvgIpc) is 2.44. The standard InChI is InChI=1S/C14H16FN3O/c1-16-6-3-7-19-13-9-17-14(18-10-13)11-4-2-5-12(15)8-11/h2,4-5,8-10,16H,3,6-7H2,1H3. The third kappa shape index (κ3) is 3.99. The number of hydrogen-bond acceptors (Lipinski definition) is 4. The van der Waals surface area contributed by atoms with Gasteiger partial charge < -0.3 is 10.1 Å². The zero-order valence-corrected chi connectivity index (χ0v) is 10.8. The summed E-state index contributed by atoms with van der Waals surface area (Å²) in [5, 5.41) is 3.04. The Kier molecular flexibility index (Phi) is 4.80. The van der Waals surface area contributed by atoms with Crippen molar-refractivity contribution in [2.45, 2.75) is 6.42 Å². The highest BCUT2D eigenvalue weighted by Crippen LogP contribution is 2.17. The van der Waals surface area contributed by atoms with Crippen LogP contribution in [-0.2, 0) is 0 Å². The van der Waals surface area contributed by atoms with Crippen molar-refractivity contribution in [2.75, 3.05) is 20.2 Å². The number of nitrogens with one attached hydrogen (secondary N) is 1. The van der Waals surface area contributed by atoms with Gasteiger partial charge in [-0.05, 0) is 32.1 Å². The molecule has 0 unspecified atom stereocenters. The molecule has 0 radical (unpaired) electrons. The van der Waals surface area contributed by atoms with E-state index in [4.69, 9.17) is 4.74 Å². The van der Waals surface area contributed by atoms with Crippen molar-refractivity contribution in [1.82, 2.24) is 15.3 Å². The summed E-state index contributed by atoms with van der Waals surface area (Å²) in [5.74, 6) is 0.812. The molecule has 100 valence electrons. The van der Waals surface area contributed by atoms with E-state index >= 15 is 0 Å². The molecular weight excluding hydrogens is 245 g/mol. The van der Waals surface area contributed by atoms with Gasteiger partial charge >= 0.3 is 0 Å². The van der Waals surface area contributed by atoms with Crippen molar-refractivity contribution in [3.8, 4) is 17.1 Å². The van der Waals surface area contributed by atoms with Crippen molar-refractivity contribution in [1.29, 1.82) is 0 Å². The molecule has 0 saturated carbocycles. The summed E-state index contributed by atoms with van der Waals surface area (Å²) < 4.78 is 18.6. The molecule has 0 aliphatic heterocycles. The number of nitrogens with zero attached hydrogens (tertiary/aromatic N) is 2. The van der Waals surface area contributed by atoms with Crippen LogP contribution in [0.5, 0.6) is 5.75 Å². The fourth-order valence-electron chi connectivity index (χ4n) is 1.61. The average molecular weight is 261 g/mol. The first-order valence-corrected chi connectivity index (χ1v) is 6.15. The number of benzene rings is 1. The van der Waals surface area contributed by atoms with E-state index in [-0.39, 0.29) is 5.82 Å². The van der Waals surface area contributed by atoms with Crippen LogP contribution in [0.2, 0.25) is 0 Å². The van der Waals surface area contributed by atoms with Gasteiger partial charge in [0.15, 0.2) is 11.6 Å². The van der Waals surface area contributed by atoms with E-state index in [9.17, 15) is 4.39 Å². The lowest BCUT2D eigenvalue weighted by molar-refractivity contribution is 0.307. The van der Waals surface area contributed by atoms with E-state index in [0.29, 0.717) is 23.7 Å². The molecule has 5 heteroatoms. The summed E-state index contributed by atoms with van der Waals surface area (Å²) in [6.45, 7) is 1.52. The van der Waals surface area contributed by atoms with Gasteiger partial charge in [-0.25, -0.2) is 14.4 Å². The maximum atomic E-state index is 13.1. The predicted molar refractivity (Wildman–Crippen MR) is 71.5 cm³/mol. The van der Waals surface area contributed by atoms with Gasteiger partial charge in [-0.15, -0.1) is 0 Å². The van der Waals surface area contributed by atoms with Crippen molar-refractivity contribution in [2.24, 2.45) is 0 Å². The van der Waals surface area contributed by atoms with E-state index in [2.05, 4.69) is 15.3 Å². The lowest BCUT2D eigenvalue weighted by Gasteiger charge is -2.06. The third-order valence-electron chi connectivity index (χ3n) is 2.55. The molecule has 1 N–H and O–H groups in total. The minimum Gasteiger partial charge on any atom is -0.490 e. The van der Waals surface area contributed by atoms with Crippen molar-refractivity contribution >= 4 is 0 Å². The van der Waals surface area contributed by atoms with E-state index in [1.54, 1.807) is 24.5 Å². The second-order valence-corrected chi connectivity index (χ2v) is 4.06. The quantitative estimate of drug-likeness (QED) is 0.810. The van der Waals surface area contributed by atoms with E-state index in [1.165, 1.54) is 12.1 Å². The first kappa shape index (κ1) is 13.4. The predicted octanol–water partition coefficient (Wildman–Crippen LogP) is 2.27. The number of halogens is 1. The molecule has 1 aromatic heterocycles. The van der Waals surface area contributed by atoms with E-state index in [1.807, 2.05) is 7.05 Å². The SMILES string of the molecule is CNCCCOc1cnc(-c2cccc(F)c2)nc1. The van der Waals surface area contributed by atoms with Gasteiger partial charge in [0.05, 0.1) is 19.0 Å². The van der Waals surface area contributed by atoms with E-state index < -0.39 is 0 Å². The largest absolute Gasteiger partial charge is 0.490 e. The Labute approximate surface area is 111 Å². The second-order valence-electron chi connectivity index (χ2n) is 4.06. The van der Waals surface area contributed by atoms with Gasteiger partial charge in [0.2, 0.25) is 0 Å². The molecule has 0 fully saturated rings. The molecule has 1 aromatic carbocycles. The molecule has 0 aliphatic rings. The van der Waals surface area contributed by atoms with Gasteiger partial charge in [0, 0.05) is 5.56 Å². The highest BCUT2D eigenvalue weighted by molar-refractivity contribution is 5.54. The molecule has 0 aliphatic carbocycles. The Morgan fingerprint density at radius 2 is 2.05 bits per heavy atom. The Morgan fingerprint density at radius 3 is 2.74 bits per heavy atom. The Hall–Kier alpha value is -2.01. The van der Waals surface area contributed by atoms with E-state index in [0.717, 1.165) is 13.0 Å². The molecular formula is C14H16FN3O. The van der Waals surface area contributed by atoms with Crippen molar-refractivity contribution in [3.63, 3.8) is 0 Å². The summed E-state index contributed by atoms with van der Waals surface area (Å²) >= 11 is 0. The van der Waals surface area contributed by atoms with Crippen LogP contribution in [-0.4, -0.2) is 30.2 Å². The summed E-state index contributed by atoms with van der Waals surface area (Å²) in [6.07, 6.45) is 4.13. The lowest BCUT2D eigenvalue weighted by Crippen LogP contribution is -2.11. The van der Waals surface area contributed by atoms with Gasteiger partial charge in [-0.1, -0.05) is 12.1 Å². The van der Waals surface area contributed by atoms with Crippen LogP contribution in [0.4, 0.5) is 4.39 Å². The molecule has 2 aromatic rings. The van der Waals surface area contributed by atoms with Crippen LogP contribution in [0, 0.1) is 5.82 Å². The zero-order chi connectivity index (χ0) is 13.5. The Morgan fingerprint density at radius 1 is 1.26 bits per heavy atom. The highest BCUT2D eigenvalue weighted by atomic mass is 19.1. The number of hydrogen-bond donors (Lipinski definition) is 1. The van der Waals surface area contributed by atoms with Crippen LogP contribution >= 0.6 is 0 Å². The van der Waals surface area contributed by atoms with Crippen LogP contribution in [0.25, 0.3) is 11.4 Å². The zero-order valence-electron chi connectivity index (χ0n) is 10.8. The molecule has 0 bridgehead atoms. The molecule has 0 amide bonds. The lowest BCUT2D eigenvalue weighted by atomic mass is 10.2. The molecule has 4 nitrogen and oxygen atoms in total. The van der Waals surface area contributed by atoms with Crippen molar-refractivity contribution in [3.05, 3.63) is 42.5 Å². The maximum Gasteiger partial charge on any atom is 0.159 e. The second kappa shape index (κ2) is 6.80. The third-order valence-corrected chi connectivity index (χ3v) is 2.55. The highest BCUT2D eigenvalue weighted by Gasteiger charge is 2.03. The monoisotopic (exact) mass is 261 g/mol. The van der Waals surface area contributed by atoms with Crippen LogP contribution in [0.3, 0.4) is 0 Å². The Balaban J connectivity index is 1.98. The molecule has 0 saturated heterocycles. The fourth-order valence-corrected chi connectivity index (χ4v) is 1.61. The van der Waals surface area contributed by atoms with Crippen LogP contribution in [0.1, 0.15) is 6.42 Å². The molecule has 0 spiro atoms.